The van der Waals surface area contributed by atoms with E-state index >= 15 is 0 Å². The maximum absolute atomic E-state index is 4.46. The molecule has 0 fully saturated rings. The van der Waals surface area contributed by atoms with Crippen LogP contribution in [0.1, 0.15) is 11.1 Å². The Morgan fingerprint density at radius 2 is 2.06 bits per heavy atom. The molecule has 0 spiro atoms. The number of rotatable bonds is 5. The Morgan fingerprint density at radius 1 is 1.31 bits per heavy atom. The lowest BCUT2D eigenvalue weighted by atomic mass is 10.2. The second kappa shape index (κ2) is 6.26. The van der Waals surface area contributed by atoms with Crippen LogP contribution in [0, 0.1) is 6.92 Å². The fourth-order valence-corrected chi connectivity index (χ4v) is 4.24. The molecule has 1 aromatic carbocycles. The van der Waals surface area contributed by atoms with Gasteiger partial charge in [0.2, 0.25) is 0 Å². The Hall–Kier alpha value is -0.543. The van der Waals surface area contributed by atoms with E-state index in [0.29, 0.717) is 0 Å². The average molecular weight is 251 g/mol. The van der Waals surface area contributed by atoms with Gasteiger partial charge < -0.3 is 0 Å². The monoisotopic (exact) mass is 251 g/mol. The van der Waals surface area contributed by atoms with Crippen LogP contribution in [0.5, 0.6) is 0 Å². The molecule has 0 aliphatic rings. The lowest BCUT2D eigenvalue weighted by Gasteiger charge is -2.13. The van der Waals surface area contributed by atoms with E-state index in [1.54, 1.807) is 0 Å². The van der Waals surface area contributed by atoms with Crippen LogP contribution in [0.4, 0.5) is 0 Å². The van der Waals surface area contributed by atoms with E-state index in [9.17, 15) is 0 Å². The lowest BCUT2D eigenvalue weighted by Crippen LogP contribution is -2.15. The molecule has 0 N–H and O–H groups in total. The molecule has 0 unspecified atom stereocenters. The highest BCUT2D eigenvalue weighted by Crippen LogP contribution is 2.18. The van der Waals surface area contributed by atoms with Crippen molar-refractivity contribution in [3.8, 4) is 0 Å². The van der Waals surface area contributed by atoms with Crippen LogP contribution < -0.4 is 0 Å². The summed E-state index contributed by atoms with van der Waals surface area (Å²) in [5.74, 6) is 1.15. The second-order valence-corrected chi connectivity index (χ2v) is 14.4. The van der Waals surface area contributed by atoms with Gasteiger partial charge >= 0.3 is 0 Å². The Bertz CT molecular complexity index is 355. The molecule has 0 atom stereocenters. The summed E-state index contributed by atoms with van der Waals surface area (Å²) in [6, 6.07) is 8.45. The Balaban J connectivity index is 2.33. The van der Waals surface area contributed by atoms with E-state index < -0.39 is 7.22 Å². The molecule has 0 aliphatic carbocycles. The lowest BCUT2D eigenvalue weighted by molar-refractivity contribution is 1.16. The van der Waals surface area contributed by atoms with Gasteiger partial charge in [-0.05, 0) is 12.5 Å². The van der Waals surface area contributed by atoms with Crippen molar-refractivity contribution in [2.24, 2.45) is 4.99 Å². The van der Waals surface area contributed by atoms with E-state index in [4.69, 9.17) is 0 Å². The molecule has 3 heteroatoms. The summed E-state index contributed by atoms with van der Waals surface area (Å²) in [7, 11) is -0.953. The van der Waals surface area contributed by atoms with Gasteiger partial charge in [0, 0.05) is 18.5 Å². The van der Waals surface area contributed by atoms with Gasteiger partial charge in [-0.1, -0.05) is 49.5 Å². The highest BCUT2D eigenvalue weighted by Gasteiger charge is 2.11. The molecular weight excluding hydrogens is 230 g/mol. The fourth-order valence-electron chi connectivity index (χ4n) is 1.32. The summed E-state index contributed by atoms with van der Waals surface area (Å²) in [6.45, 7) is 10.2. The zero-order valence-corrected chi connectivity index (χ0v) is 12.5. The van der Waals surface area contributed by atoms with E-state index in [2.05, 4.69) is 67.0 Å². The minimum Gasteiger partial charge on any atom is -0.292 e. The summed E-state index contributed by atoms with van der Waals surface area (Å²) >= 11 is 2.10. The van der Waals surface area contributed by atoms with Gasteiger partial charge in [0.1, 0.15) is 7.22 Å². The predicted octanol–water partition coefficient (Wildman–Crippen LogP) is 3.98. The third-order valence-electron chi connectivity index (χ3n) is 2.04. The summed E-state index contributed by atoms with van der Waals surface area (Å²) in [5, 5.41) is 0. The van der Waals surface area contributed by atoms with Crippen molar-refractivity contribution in [2.75, 3.05) is 12.3 Å². The van der Waals surface area contributed by atoms with Gasteiger partial charge in [0.05, 0.1) is 0 Å². The smallest absolute Gasteiger partial charge is 0.108 e. The van der Waals surface area contributed by atoms with Gasteiger partial charge in [-0.2, -0.15) is 11.2 Å². The molecule has 88 valence electrons. The minimum absolute atomic E-state index is 0.933. The van der Waals surface area contributed by atoms with Crippen molar-refractivity contribution in [3.63, 3.8) is 0 Å². The molecule has 0 heterocycles. The summed E-state index contributed by atoms with van der Waals surface area (Å²) in [6.07, 6.45) is 1.98. The zero-order valence-electron chi connectivity index (χ0n) is 10.7. The van der Waals surface area contributed by atoms with Crippen LogP contribution >= 0.6 is 11.2 Å². The summed E-state index contributed by atoms with van der Waals surface area (Å²) < 4.78 is 0. The van der Waals surface area contributed by atoms with Crippen LogP contribution in [0.25, 0.3) is 0 Å². The van der Waals surface area contributed by atoms with E-state index in [-0.39, 0.29) is 0 Å². The maximum atomic E-state index is 4.46. The van der Waals surface area contributed by atoms with Crippen LogP contribution in [-0.4, -0.2) is 25.7 Å². The first-order valence-electron chi connectivity index (χ1n) is 5.68. The normalized spacial score (nSPS) is 12.2. The highest BCUT2D eigenvalue weighted by molar-refractivity contribution is 8.28. The molecule has 1 aromatic rings. The third-order valence-corrected chi connectivity index (χ3v) is 6.50. The first-order chi connectivity index (χ1) is 7.47. The second-order valence-electron chi connectivity index (χ2n) is 4.91. The largest absolute Gasteiger partial charge is 0.292 e. The molecule has 0 saturated heterocycles. The van der Waals surface area contributed by atoms with Gasteiger partial charge in [-0.25, -0.2) is 0 Å². The molecule has 0 amide bonds. The number of aliphatic imine (C=N–C) groups is 1. The molecule has 0 radical (unpaired) electrons. The quantitative estimate of drug-likeness (QED) is 0.438. The first kappa shape index (κ1) is 13.5. The van der Waals surface area contributed by atoms with Gasteiger partial charge in [0.25, 0.3) is 0 Å². The van der Waals surface area contributed by atoms with Gasteiger partial charge in [-0.15, -0.1) is 0 Å². The van der Waals surface area contributed by atoms with E-state index in [1.807, 2.05) is 6.21 Å². The molecule has 16 heavy (non-hydrogen) atoms. The number of nitrogens with zero attached hydrogens (tertiary/aromatic N) is 1. The van der Waals surface area contributed by atoms with Crippen molar-refractivity contribution in [1.82, 2.24) is 0 Å². The topological polar surface area (TPSA) is 12.4 Å². The van der Waals surface area contributed by atoms with Gasteiger partial charge in [-0.3, -0.25) is 4.99 Å². The Labute approximate surface area is 104 Å². The molecule has 0 bridgehead atoms. The number of hydrogen-bond donors (Lipinski definition) is 0. The van der Waals surface area contributed by atoms with Crippen molar-refractivity contribution in [2.45, 2.75) is 26.6 Å². The number of hydrogen-bond acceptors (Lipinski definition) is 2. The molecule has 0 aliphatic heterocycles. The average Bonchev–Trinajstić information content (AvgIpc) is 2.15. The van der Waals surface area contributed by atoms with Crippen molar-refractivity contribution < 1.29 is 0 Å². The Kier molecular flexibility index (Phi) is 5.29. The predicted molar refractivity (Wildman–Crippen MR) is 79.4 cm³/mol. The van der Waals surface area contributed by atoms with Crippen LogP contribution in [0.3, 0.4) is 0 Å². The molecular formula is C13H21NSSi. The van der Waals surface area contributed by atoms with Crippen molar-refractivity contribution in [3.05, 3.63) is 35.4 Å². The number of benzene rings is 1. The van der Waals surface area contributed by atoms with Crippen molar-refractivity contribution in [1.29, 1.82) is 0 Å². The molecule has 0 aromatic heterocycles. The Morgan fingerprint density at radius 3 is 2.69 bits per heavy atom. The van der Waals surface area contributed by atoms with Crippen LogP contribution in [-0.2, 0) is 0 Å². The van der Waals surface area contributed by atoms with E-state index in [0.717, 1.165) is 12.3 Å². The molecule has 1 nitrogen and oxygen atoms in total. The third kappa shape index (κ3) is 6.13. The van der Waals surface area contributed by atoms with Crippen LogP contribution in [0.15, 0.2) is 29.3 Å². The van der Waals surface area contributed by atoms with Crippen LogP contribution in [0.2, 0.25) is 19.6 Å². The maximum Gasteiger partial charge on any atom is 0.108 e. The molecule has 1 rings (SSSR count). The zero-order chi connectivity index (χ0) is 12.0. The minimum atomic E-state index is -0.953. The molecule has 0 saturated carbocycles. The first-order valence-corrected chi connectivity index (χ1v) is 10.9. The highest BCUT2D eigenvalue weighted by atomic mass is 32.4. The standard InChI is InChI=1S/C13H21NSSi/c1-12-6-5-7-13(10-12)11-14-8-9-15-16(2,3)4/h5-7,10-11H,8-9H2,1-4H3/b14-11+. The fraction of sp³-hybridized carbons (Fsp3) is 0.462. The van der Waals surface area contributed by atoms with Gasteiger partial charge in [0.15, 0.2) is 0 Å². The SMILES string of the molecule is Cc1cccc(/C=N/CCS[Si](C)(C)C)c1. The van der Waals surface area contributed by atoms with Crippen molar-refractivity contribution >= 4 is 24.6 Å². The summed E-state index contributed by atoms with van der Waals surface area (Å²) in [5.41, 5.74) is 2.50. The van der Waals surface area contributed by atoms with E-state index in [1.165, 1.54) is 11.1 Å². The number of aryl methyl sites for hydroxylation is 1. The summed E-state index contributed by atoms with van der Waals surface area (Å²) in [4.78, 5) is 4.46.